The van der Waals surface area contributed by atoms with Crippen molar-refractivity contribution in [2.24, 2.45) is 0 Å². The van der Waals surface area contributed by atoms with Crippen molar-refractivity contribution in [1.82, 2.24) is 0 Å². The molecule has 0 spiro atoms. The number of carbonyl (C=O) groups excluding carboxylic acids is 1. The van der Waals surface area contributed by atoms with Crippen LogP contribution < -0.4 is 0 Å². The van der Waals surface area contributed by atoms with Gasteiger partial charge in [0.15, 0.2) is 9.58 Å². The summed E-state index contributed by atoms with van der Waals surface area (Å²) in [5, 5.41) is 0. The molecule has 0 bridgehead atoms. The van der Waals surface area contributed by atoms with Crippen LogP contribution in [0.5, 0.6) is 0 Å². The fraction of sp³-hybridized carbons (Fsp3) is 0.417. The van der Waals surface area contributed by atoms with Gasteiger partial charge < -0.3 is 0 Å². The number of carbonyl (C=O) groups is 1. The van der Waals surface area contributed by atoms with Gasteiger partial charge >= 0.3 is 0 Å². The Bertz CT molecular complexity index is 330. The molecule has 0 fully saturated rings. The normalized spacial score (nSPS) is 11.4. The van der Waals surface area contributed by atoms with E-state index in [4.69, 9.17) is 34.8 Å². The zero-order chi connectivity index (χ0) is 12.0. The van der Waals surface area contributed by atoms with Crippen LogP contribution in [-0.4, -0.2) is 9.58 Å². The second-order valence-electron chi connectivity index (χ2n) is 3.61. The van der Waals surface area contributed by atoms with Crippen LogP contribution in [0, 0.1) is 0 Å². The third-order valence-corrected chi connectivity index (χ3v) is 2.78. The van der Waals surface area contributed by atoms with Crippen LogP contribution in [0.4, 0.5) is 0 Å². The summed E-state index contributed by atoms with van der Waals surface area (Å²) in [6.45, 7) is 0. The molecule has 1 rings (SSSR count). The van der Waals surface area contributed by atoms with Gasteiger partial charge in [0.25, 0.3) is 0 Å². The zero-order valence-corrected chi connectivity index (χ0v) is 11.0. The molecule has 4 heteroatoms. The molecule has 0 N–H and O–H groups in total. The summed E-state index contributed by atoms with van der Waals surface area (Å²) < 4.78 is -1.20. The third kappa shape index (κ3) is 5.74. The molecule has 0 aliphatic carbocycles. The monoisotopic (exact) mass is 278 g/mol. The Balaban J connectivity index is 2.27. The number of halogens is 3. The zero-order valence-electron chi connectivity index (χ0n) is 8.76. The van der Waals surface area contributed by atoms with Crippen molar-refractivity contribution in [2.45, 2.75) is 29.5 Å². The molecule has 0 radical (unpaired) electrons. The maximum Gasteiger partial charge on any atom is 0.190 e. The van der Waals surface area contributed by atoms with Gasteiger partial charge in [-0.05, 0) is 19.3 Å². The van der Waals surface area contributed by atoms with Crippen molar-refractivity contribution in [3.8, 4) is 0 Å². The minimum absolute atomic E-state index is 0.143. The smallest absolute Gasteiger partial charge is 0.190 e. The largest absolute Gasteiger partial charge is 0.294 e. The molecule has 0 heterocycles. The standard InChI is InChI=1S/C12H13Cl3O/c13-12(14,15)9-5-4-8-11(16)10-6-2-1-3-7-10/h1-3,6-7H,4-5,8-9H2. The first-order valence-corrected chi connectivity index (χ1v) is 6.27. The van der Waals surface area contributed by atoms with Crippen molar-refractivity contribution in [3.63, 3.8) is 0 Å². The van der Waals surface area contributed by atoms with Crippen LogP contribution in [0.3, 0.4) is 0 Å². The lowest BCUT2D eigenvalue weighted by Gasteiger charge is -2.09. The molecule has 1 aromatic carbocycles. The molecular formula is C12H13Cl3O. The van der Waals surface area contributed by atoms with E-state index >= 15 is 0 Å². The predicted octanol–water partition coefficient (Wildman–Crippen LogP) is 4.80. The highest BCUT2D eigenvalue weighted by Gasteiger charge is 2.18. The molecule has 0 aromatic heterocycles. The highest BCUT2D eigenvalue weighted by atomic mass is 35.6. The number of ketones is 1. The maximum atomic E-state index is 11.7. The van der Waals surface area contributed by atoms with E-state index in [-0.39, 0.29) is 5.78 Å². The Kier molecular flexibility index (Phi) is 5.60. The van der Waals surface area contributed by atoms with Gasteiger partial charge in [-0.25, -0.2) is 0 Å². The van der Waals surface area contributed by atoms with E-state index in [0.29, 0.717) is 12.8 Å². The average Bonchev–Trinajstić information content (AvgIpc) is 2.24. The molecule has 0 amide bonds. The Labute approximate surface area is 111 Å². The number of unbranched alkanes of at least 4 members (excludes halogenated alkanes) is 1. The Morgan fingerprint density at radius 3 is 2.25 bits per heavy atom. The lowest BCUT2D eigenvalue weighted by atomic mass is 10.1. The van der Waals surface area contributed by atoms with Crippen molar-refractivity contribution in [3.05, 3.63) is 35.9 Å². The number of hydrogen-bond acceptors (Lipinski definition) is 1. The highest BCUT2D eigenvalue weighted by molar-refractivity contribution is 6.67. The summed E-state index contributed by atoms with van der Waals surface area (Å²) >= 11 is 16.8. The van der Waals surface area contributed by atoms with E-state index in [1.54, 1.807) is 0 Å². The predicted molar refractivity (Wildman–Crippen MR) is 69.5 cm³/mol. The summed E-state index contributed by atoms with van der Waals surface area (Å²) in [5.41, 5.74) is 0.747. The number of benzene rings is 1. The third-order valence-electron chi connectivity index (χ3n) is 2.21. The molecule has 0 saturated heterocycles. The van der Waals surface area contributed by atoms with E-state index in [9.17, 15) is 4.79 Å². The van der Waals surface area contributed by atoms with Crippen molar-refractivity contribution in [1.29, 1.82) is 0 Å². The lowest BCUT2D eigenvalue weighted by Crippen LogP contribution is -2.03. The van der Waals surface area contributed by atoms with Crippen LogP contribution in [-0.2, 0) is 0 Å². The number of alkyl halides is 3. The first kappa shape index (κ1) is 13.8. The van der Waals surface area contributed by atoms with Crippen LogP contribution in [0.2, 0.25) is 0 Å². The first-order valence-electron chi connectivity index (χ1n) is 5.14. The van der Waals surface area contributed by atoms with Crippen molar-refractivity contribution < 1.29 is 4.79 Å². The van der Waals surface area contributed by atoms with Crippen molar-refractivity contribution >= 4 is 40.6 Å². The van der Waals surface area contributed by atoms with Crippen LogP contribution in [0.1, 0.15) is 36.0 Å². The van der Waals surface area contributed by atoms with Crippen molar-refractivity contribution in [2.75, 3.05) is 0 Å². The van der Waals surface area contributed by atoms with Gasteiger partial charge in [0.05, 0.1) is 0 Å². The molecule has 0 atom stereocenters. The van der Waals surface area contributed by atoms with Gasteiger partial charge in [-0.1, -0.05) is 65.1 Å². The fourth-order valence-electron chi connectivity index (χ4n) is 1.38. The average molecular weight is 280 g/mol. The maximum absolute atomic E-state index is 11.7. The molecule has 88 valence electrons. The molecule has 0 aliphatic rings. The highest BCUT2D eigenvalue weighted by Crippen LogP contribution is 2.32. The lowest BCUT2D eigenvalue weighted by molar-refractivity contribution is 0.0979. The second-order valence-corrected chi connectivity index (χ2v) is 6.13. The number of rotatable bonds is 5. The van der Waals surface area contributed by atoms with Gasteiger partial charge in [0.2, 0.25) is 0 Å². The molecule has 0 aliphatic heterocycles. The molecule has 0 unspecified atom stereocenters. The number of hydrogen-bond donors (Lipinski definition) is 0. The van der Waals surface area contributed by atoms with Gasteiger partial charge in [-0.2, -0.15) is 0 Å². The van der Waals surface area contributed by atoms with Gasteiger partial charge in [-0.15, -0.1) is 0 Å². The minimum atomic E-state index is -1.20. The molecule has 1 nitrogen and oxygen atoms in total. The fourth-order valence-corrected chi connectivity index (χ4v) is 1.78. The first-order chi connectivity index (χ1) is 7.49. The van der Waals surface area contributed by atoms with E-state index in [1.807, 2.05) is 30.3 Å². The van der Waals surface area contributed by atoms with E-state index < -0.39 is 3.79 Å². The summed E-state index contributed by atoms with van der Waals surface area (Å²) in [6.07, 6.45) is 2.49. The van der Waals surface area contributed by atoms with Gasteiger partial charge in [0, 0.05) is 12.0 Å². The van der Waals surface area contributed by atoms with E-state index in [2.05, 4.69) is 0 Å². The molecular weight excluding hydrogens is 266 g/mol. The Morgan fingerprint density at radius 2 is 1.69 bits per heavy atom. The minimum Gasteiger partial charge on any atom is -0.294 e. The van der Waals surface area contributed by atoms with E-state index in [1.165, 1.54) is 0 Å². The molecule has 1 aromatic rings. The quantitative estimate of drug-likeness (QED) is 0.430. The summed E-state index contributed by atoms with van der Waals surface area (Å²) in [7, 11) is 0. The van der Waals surface area contributed by atoms with Crippen LogP contribution in [0.25, 0.3) is 0 Å². The van der Waals surface area contributed by atoms with Gasteiger partial charge in [0.1, 0.15) is 0 Å². The number of Topliss-reactive ketones (excluding diaryl/α,β-unsaturated/α-hetero) is 1. The molecule has 0 saturated carbocycles. The van der Waals surface area contributed by atoms with Crippen LogP contribution in [0.15, 0.2) is 30.3 Å². The summed E-state index contributed by atoms with van der Waals surface area (Å²) in [5.74, 6) is 0.143. The second kappa shape index (κ2) is 6.48. The van der Waals surface area contributed by atoms with E-state index in [0.717, 1.165) is 18.4 Å². The Hall–Kier alpha value is -0.240. The summed E-state index contributed by atoms with van der Waals surface area (Å²) in [4.78, 5) is 11.7. The van der Waals surface area contributed by atoms with Gasteiger partial charge in [-0.3, -0.25) is 4.79 Å². The van der Waals surface area contributed by atoms with Crippen LogP contribution >= 0.6 is 34.8 Å². The molecule has 16 heavy (non-hydrogen) atoms. The Morgan fingerprint density at radius 1 is 1.06 bits per heavy atom. The topological polar surface area (TPSA) is 17.1 Å². The summed E-state index contributed by atoms with van der Waals surface area (Å²) in [6, 6.07) is 9.23. The SMILES string of the molecule is O=C(CCCCC(Cl)(Cl)Cl)c1ccccc1.